The molecule has 0 atom stereocenters. The van der Waals surface area contributed by atoms with Crippen molar-refractivity contribution < 1.29 is 24.5 Å². The van der Waals surface area contributed by atoms with Gasteiger partial charge in [-0.25, -0.2) is 4.79 Å². The molecule has 2 N–H and O–H groups in total. The van der Waals surface area contributed by atoms with Gasteiger partial charge in [0, 0.05) is 0 Å². The van der Waals surface area contributed by atoms with E-state index in [1.54, 1.807) is 30.3 Å². The Kier molecular flexibility index (Phi) is 2.73. The second kappa shape index (κ2) is 4.43. The van der Waals surface area contributed by atoms with Gasteiger partial charge in [-0.3, -0.25) is 14.9 Å². The van der Waals surface area contributed by atoms with Gasteiger partial charge in [0.15, 0.2) is 0 Å². The maximum atomic E-state index is 11.9. The highest BCUT2D eigenvalue weighted by molar-refractivity contribution is 6.27. The van der Waals surface area contributed by atoms with Crippen LogP contribution >= 0.6 is 0 Å². The minimum atomic E-state index is -0.894. The average molecular weight is 271 g/mol. The summed E-state index contributed by atoms with van der Waals surface area (Å²) < 4.78 is 0. The van der Waals surface area contributed by atoms with Gasteiger partial charge in [0.2, 0.25) is 0 Å². The van der Waals surface area contributed by atoms with E-state index in [1.165, 1.54) is 0 Å². The third-order valence-electron chi connectivity index (χ3n) is 3.25. The molecule has 2 aromatic rings. The Labute approximate surface area is 112 Å². The van der Waals surface area contributed by atoms with E-state index in [9.17, 15) is 14.4 Å². The summed E-state index contributed by atoms with van der Waals surface area (Å²) in [5, 5.41) is 12.0. The summed E-state index contributed by atoms with van der Waals surface area (Å²) in [6.45, 7) is 0. The minimum Gasteiger partial charge on any atom is -0.301 e. The average Bonchev–Trinajstić information content (AvgIpc) is 2.74. The molecule has 1 aliphatic rings. The highest BCUT2D eigenvalue weighted by Crippen LogP contribution is 2.29. The predicted molar refractivity (Wildman–Crippen MR) is 68.2 cm³/mol. The Morgan fingerprint density at radius 2 is 1.85 bits per heavy atom. The Bertz CT molecular complexity index is 765. The Balaban J connectivity index is 2.31. The predicted octanol–water partition coefficient (Wildman–Crippen LogP) is 1.28. The van der Waals surface area contributed by atoms with E-state index in [4.69, 9.17) is 5.26 Å². The van der Waals surface area contributed by atoms with Gasteiger partial charge < -0.3 is 4.89 Å². The molecule has 0 aromatic heterocycles. The SMILES string of the molecule is O=C(Cc1cc2ccccc2c2c1C(=O)NC2=O)OO. The number of hydrogen-bond acceptors (Lipinski definition) is 5. The van der Waals surface area contributed by atoms with E-state index in [-0.39, 0.29) is 17.5 Å². The van der Waals surface area contributed by atoms with Gasteiger partial charge >= 0.3 is 5.97 Å². The number of benzene rings is 2. The molecule has 0 aliphatic carbocycles. The second-order valence-corrected chi connectivity index (χ2v) is 4.43. The topological polar surface area (TPSA) is 92.7 Å². The lowest BCUT2D eigenvalue weighted by Gasteiger charge is -2.08. The monoisotopic (exact) mass is 271 g/mol. The number of imide groups is 1. The van der Waals surface area contributed by atoms with Crippen LogP contribution in [0.4, 0.5) is 0 Å². The second-order valence-electron chi connectivity index (χ2n) is 4.43. The Hall–Kier alpha value is -2.73. The van der Waals surface area contributed by atoms with Crippen molar-refractivity contribution in [3.05, 3.63) is 47.0 Å². The first kappa shape index (κ1) is 12.3. The fourth-order valence-electron chi connectivity index (χ4n) is 2.46. The smallest absolute Gasteiger partial charge is 0.301 e. The van der Waals surface area contributed by atoms with Crippen LogP contribution in [0.25, 0.3) is 10.8 Å². The summed E-state index contributed by atoms with van der Waals surface area (Å²) >= 11 is 0. The lowest BCUT2D eigenvalue weighted by atomic mass is 9.94. The number of amides is 2. The van der Waals surface area contributed by atoms with E-state index in [2.05, 4.69) is 10.2 Å². The molecule has 2 aromatic carbocycles. The van der Waals surface area contributed by atoms with E-state index >= 15 is 0 Å². The third-order valence-corrected chi connectivity index (χ3v) is 3.25. The summed E-state index contributed by atoms with van der Waals surface area (Å²) in [6.07, 6.45) is -0.287. The summed E-state index contributed by atoms with van der Waals surface area (Å²) in [5.41, 5.74) is 0.772. The molecule has 3 rings (SSSR count). The fraction of sp³-hybridized carbons (Fsp3) is 0.0714. The summed E-state index contributed by atoms with van der Waals surface area (Å²) in [7, 11) is 0. The van der Waals surface area contributed by atoms with Crippen molar-refractivity contribution >= 4 is 28.6 Å². The van der Waals surface area contributed by atoms with E-state index < -0.39 is 17.8 Å². The molecule has 0 fully saturated rings. The number of carbonyl (C=O) groups is 3. The molecule has 1 aliphatic heterocycles. The quantitative estimate of drug-likeness (QED) is 0.487. The minimum absolute atomic E-state index is 0.166. The van der Waals surface area contributed by atoms with E-state index in [0.717, 1.165) is 5.39 Å². The van der Waals surface area contributed by atoms with Crippen LogP contribution in [0.2, 0.25) is 0 Å². The molecule has 0 unspecified atom stereocenters. The van der Waals surface area contributed by atoms with Gasteiger partial charge in [-0.15, -0.1) is 0 Å². The van der Waals surface area contributed by atoms with Crippen LogP contribution in [0.3, 0.4) is 0 Å². The zero-order chi connectivity index (χ0) is 14.3. The normalized spacial score (nSPS) is 13.2. The molecule has 20 heavy (non-hydrogen) atoms. The van der Waals surface area contributed by atoms with Crippen LogP contribution in [0.5, 0.6) is 0 Å². The van der Waals surface area contributed by atoms with Crippen LogP contribution in [-0.2, 0) is 16.1 Å². The molecule has 6 nitrogen and oxygen atoms in total. The lowest BCUT2D eigenvalue weighted by Crippen LogP contribution is -2.20. The number of hydrogen-bond donors (Lipinski definition) is 2. The van der Waals surface area contributed by atoms with Crippen LogP contribution in [0.15, 0.2) is 30.3 Å². The standard InChI is InChI=1S/C14H9NO5/c16-10(20-19)6-8-5-7-3-1-2-4-9(7)12-11(8)13(17)15-14(12)18/h1-5,19H,6H2,(H,15,17,18). The first-order chi connectivity index (χ1) is 9.61. The largest absolute Gasteiger partial charge is 0.346 e. The number of nitrogens with one attached hydrogen (secondary N) is 1. The molecule has 0 bridgehead atoms. The van der Waals surface area contributed by atoms with Crippen LogP contribution < -0.4 is 5.32 Å². The van der Waals surface area contributed by atoms with Crippen molar-refractivity contribution in [2.45, 2.75) is 6.42 Å². The van der Waals surface area contributed by atoms with Gasteiger partial charge in [-0.1, -0.05) is 24.3 Å². The fourth-order valence-corrected chi connectivity index (χ4v) is 2.46. The molecule has 0 saturated heterocycles. The number of carbonyl (C=O) groups excluding carboxylic acids is 3. The molecule has 100 valence electrons. The van der Waals surface area contributed by atoms with Crippen LogP contribution in [-0.4, -0.2) is 23.0 Å². The molecule has 6 heteroatoms. The van der Waals surface area contributed by atoms with Gasteiger partial charge in [-0.2, -0.15) is 5.26 Å². The summed E-state index contributed by atoms with van der Waals surface area (Å²) in [4.78, 5) is 38.6. The van der Waals surface area contributed by atoms with Gasteiger partial charge in [0.1, 0.15) is 0 Å². The summed E-state index contributed by atoms with van der Waals surface area (Å²) in [5.74, 6) is -1.92. The van der Waals surface area contributed by atoms with Crippen molar-refractivity contribution in [2.24, 2.45) is 0 Å². The maximum absolute atomic E-state index is 11.9. The molecule has 0 radical (unpaired) electrons. The Morgan fingerprint density at radius 3 is 2.60 bits per heavy atom. The van der Waals surface area contributed by atoms with E-state index in [1.807, 2.05) is 0 Å². The first-order valence-corrected chi connectivity index (χ1v) is 5.86. The zero-order valence-electron chi connectivity index (χ0n) is 10.2. The van der Waals surface area contributed by atoms with Crippen molar-refractivity contribution in [2.75, 3.05) is 0 Å². The van der Waals surface area contributed by atoms with Crippen LogP contribution in [0.1, 0.15) is 26.3 Å². The van der Waals surface area contributed by atoms with Crippen molar-refractivity contribution in [3.63, 3.8) is 0 Å². The molecule has 0 saturated carbocycles. The molecule has 0 spiro atoms. The molecular formula is C14H9NO5. The number of fused-ring (bicyclic) bond motifs is 3. The summed E-state index contributed by atoms with van der Waals surface area (Å²) in [6, 6.07) is 8.71. The highest BCUT2D eigenvalue weighted by Gasteiger charge is 2.32. The zero-order valence-corrected chi connectivity index (χ0v) is 10.2. The van der Waals surface area contributed by atoms with Gasteiger partial charge in [0.05, 0.1) is 17.5 Å². The number of rotatable bonds is 2. The third kappa shape index (κ3) is 1.74. The van der Waals surface area contributed by atoms with Crippen LogP contribution in [0, 0.1) is 0 Å². The Morgan fingerprint density at radius 1 is 1.15 bits per heavy atom. The first-order valence-electron chi connectivity index (χ1n) is 5.86. The molecular weight excluding hydrogens is 262 g/mol. The van der Waals surface area contributed by atoms with Crippen molar-refractivity contribution in [3.8, 4) is 0 Å². The highest BCUT2D eigenvalue weighted by atomic mass is 17.1. The van der Waals surface area contributed by atoms with Gasteiger partial charge in [-0.05, 0) is 22.4 Å². The molecule has 2 amide bonds. The van der Waals surface area contributed by atoms with Crippen molar-refractivity contribution in [1.82, 2.24) is 5.32 Å². The maximum Gasteiger partial charge on any atom is 0.346 e. The lowest BCUT2D eigenvalue weighted by molar-refractivity contribution is -0.233. The van der Waals surface area contributed by atoms with Crippen molar-refractivity contribution in [1.29, 1.82) is 0 Å². The molecule has 1 heterocycles. The van der Waals surface area contributed by atoms with Gasteiger partial charge in [0.25, 0.3) is 11.8 Å². The van der Waals surface area contributed by atoms with E-state index in [0.29, 0.717) is 10.9 Å².